The molecule has 194 valence electrons. The normalized spacial score (nSPS) is 20.7. The molecular weight excluding hydrogens is 460 g/mol. The maximum absolute atomic E-state index is 13.6. The summed E-state index contributed by atoms with van der Waals surface area (Å²) in [7, 11) is 0. The van der Waals surface area contributed by atoms with Crippen LogP contribution in [-0.4, -0.2) is 39.6 Å². The van der Waals surface area contributed by atoms with E-state index in [0.717, 1.165) is 11.3 Å². The number of carbonyl (C=O) groups excluding carboxylic acids is 2. The average molecular weight is 499 g/mol. The van der Waals surface area contributed by atoms with Crippen molar-refractivity contribution in [1.82, 2.24) is 14.7 Å². The molecule has 0 bridgehead atoms. The van der Waals surface area contributed by atoms with Gasteiger partial charge in [0.1, 0.15) is 5.69 Å². The standard InChI is InChI=1S/C31H38N4O2/c1-22(2)35-29(17-19-32-35)31(37)34-20-18-27(28(21-34)25-11-7-4-8-12-25)30(36)33-26-15-13-24(14-16-26)23-9-5-3-6-10-23/h4,7-8,11-17,19,22-23,27-28H,3,5-6,9-10,18,20-21H2,1-2H3,(H,33,36)/t27-,28-/m0/s1. The minimum absolute atomic E-state index is 0.0238. The van der Waals surface area contributed by atoms with Crippen molar-refractivity contribution in [3.05, 3.63) is 83.7 Å². The van der Waals surface area contributed by atoms with Crippen molar-refractivity contribution in [2.24, 2.45) is 5.92 Å². The van der Waals surface area contributed by atoms with Crippen LogP contribution in [0.1, 0.15) is 91.9 Å². The first kappa shape index (κ1) is 25.2. The van der Waals surface area contributed by atoms with Crippen LogP contribution in [0.2, 0.25) is 0 Å². The first-order valence-corrected chi connectivity index (χ1v) is 13.8. The SMILES string of the molecule is CC(C)n1nccc1C(=O)N1CC[C@H](C(=O)Nc2ccc(C3CCCCC3)cc2)[C@H](c2ccccc2)C1. The summed E-state index contributed by atoms with van der Waals surface area (Å²) in [6.07, 6.45) is 8.79. The molecule has 1 aliphatic carbocycles. The van der Waals surface area contributed by atoms with Crippen LogP contribution in [0.15, 0.2) is 66.9 Å². The number of amides is 2. The molecule has 1 saturated heterocycles. The average Bonchev–Trinajstić information content (AvgIpc) is 3.44. The van der Waals surface area contributed by atoms with Crippen molar-refractivity contribution in [1.29, 1.82) is 0 Å². The minimum Gasteiger partial charge on any atom is -0.337 e. The van der Waals surface area contributed by atoms with E-state index >= 15 is 0 Å². The highest BCUT2D eigenvalue weighted by atomic mass is 16.2. The van der Waals surface area contributed by atoms with Gasteiger partial charge in [-0.3, -0.25) is 14.3 Å². The topological polar surface area (TPSA) is 67.2 Å². The number of nitrogens with zero attached hydrogens (tertiary/aromatic N) is 3. The fourth-order valence-corrected chi connectivity index (χ4v) is 6.05. The van der Waals surface area contributed by atoms with Gasteiger partial charge in [0.25, 0.3) is 5.91 Å². The Bertz CT molecular complexity index is 1200. The van der Waals surface area contributed by atoms with Gasteiger partial charge in [-0.25, -0.2) is 0 Å². The summed E-state index contributed by atoms with van der Waals surface area (Å²) in [6.45, 7) is 5.10. The van der Waals surface area contributed by atoms with Crippen LogP contribution in [-0.2, 0) is 4.79 Å². The van der Waals surface area contributed by atoms with Crippen molar-refractivity contribution in [3.63, 3.8) is 0 Å². The fourth-order valence-electron chi connectivity index (χ4n) is 6.05. The molecule has 1 aliphatic heterocycles. The van der Waals surface area contributed by atoms with Crippen molar-refractivity contribution >= 4 is 17.5 Å². The molecular formula is C31H38N4O2. The van der Waals surface area contributed by atoms with E-state index in [0.29, 0.717) is 31.1 Å². The van der Waals surface area contributed by atoms with Gasteiger partial charge in [-0.1, -0.05) is 61.7 Å². The molecule has 0 spiro atoms. The van der Waals surface area contributed by atoms with Gasteiger partial charge in [-0.2, -0.15) is 5.10 Å². The van der Waals surface area contributed by atoms with E-state index in [2.05, 4.69) is 34.7 Å². The lowest BCUT2D eigenvalue weighted by Crippen LogP contribution is -2.46. The first-order valence-electron chi connectivity index (χ1n) is 13.8. The van der Waals surface area contributed by atoms with Crippen molar-refractivity contribution < 1.29 is 9.59 Å². The maximum atomic E-state index is 13.6. The quantitative estimate of drug-likeness (QED) is 0.428. The number of nitrogens with one attached hydrogen (secondary N) is 1. The van der Waals surface area contributed by atoms with Gasteiger partial charge in [0.05, 0.1) is 0 Å². The molecule has 2 aromatic carbocycles. The summed E-state index contributed by atoms with van der Waals surface area (Å²) in [4.78, 5) is 28.9. The van der Waals surface area contributed by atoms with Crippen LogP contribution < -0.4 is 5.32 Å². The van der Waals surface area contributed by atoms with Gasteiger partial charge in [0, 0.05) is 42.9 Å². The number of carbonyl (C=O) groups is 2. The first-order chi connectivity index (χ1) is 18.0. The van der Waals surface area contributed by atoms with E-state index in [1.807, 2.05) is 49.1 Å². The second kappa shape index (κ2) is 11.3. The molecule has 37 heavy (non-hydrogen) atoms. The van der Waals surface area contributed by atoms with Crippen LogP contribution in [0.5, 0.6) is 0 Å². The third-order valence-electron chi connectivity index (χ3n) is 8.10. The molecule has 2 heterocycles. The number of anilines is 1. The minimum atomic E-state index is -0.209. The van der Waals surface area contributed by atoms with Gasteiger partial charge in [-0.15, -0.1) is 0 Å². The van der Waals surface area contributed by atoms with Crippen LogP contribution in [0.4, 0.5) is 5.69 Å². The molecule has 2 atom stereocenters. The smallest absolute Gasteiger partial charge is 0.272 e. The molecule has 2 aliphatic rings. The summed E-state index contributed by atoms with van der Waals surface area (Å²) in [5.41, 5.74) is 3.91. The molecule has 3 aromatic rings. The second-order valence-electron chi connectivity index (χ2n) is 10.9. The number of rotatable bonds is 6. The predicted molar refractivity (Wildman–Crippen MR) is 147 cm³/mol. The highest BCUT2D eigenvalue weighted by molar-refractivity contribution is 5.95. The molecule has 2 fully saturated rings. The maximum Gasteiger partial charge on any atom is 0.272 e. The Kier molecular flexibility index (Phi) is 7.73. The summed E-state index contributed by atoms with van der Waals surface area (Å²) < 4.78 is 1.77. The molecule has 0 unspecified atom stereocenters. The Morgan fingerprint density at radius 2 is 1.62 bits per heavy atom. The summed E-state index contributed by atoms with van der Waals surface area (Å²) >= 11 is 0. The summed E-state index contributed by atoms with van der Waals surface area (Å²) in [6, 6.07) is 20.5. The van der Waals surface area contributed by atoms with Crippen LogP contribution in [0.25, 0.3) is 0 Å². The third kappa shape index (κ3) is 5.63. The van der Waals surface area contributed by atoms with E-state index in [1.165, 1.54) is 37.7 Å². The zero-order chi connectivity index (χ0) is 25.8. The van der Waals surface area contributed by atoms with Gasteiger partial charge >= 0.3 is 0 Å². The molecule has 1 aromatic heterocycles. The van der Waals surface area contributed by atoms with Gasteiger partial charge in [0.15, 0.2) is 0 Å². The van der Waals surface area contributed by atoms with E-state index in [-0.39, 0.29) is 29.7 Å². The number of benzene rings is 2. The predicted octanol–water partition coefficient (Wildman–Crippen LogP) is 6.40. The molecule has 1 N–H and O–H groups in total. The second-order valence-corrected chi connectivity index (χ2v) is 10.9. The highest BCUT2D eigenvalue weighted by Crippen LogP contribution is 2.35. The Labute approximate surface area is 220 Å². The summed E-state index contributed by atoms with van der Waals surface area (Å²) in [5.74, 6) is 0.369. The van der Waals surface area contributed by atoms with Gasteiger partial charge < -0.3 is 10.2 Å². The number of hydrogen-bond acceptors (Lipinski definition) is 3. The van der Waals surface area contributed by atoms with Gasteiger partial charge in [0.2, 0.25) is 5.91 Å². The lowest BCUT2D eigenvalue weighted by Gasteiger charge is -2.38. The zero-order valence-electron chi connectivity index (χ0n) is 22.0. The number of piperidine rings is 1. The van der Waals surface area contributed by atoms with Crippen LogP contribution in [0.3, 0.4) is 0 Å². The number of hydrogen-bond donors (Lipinski definition) is 1. The molecule has 1 saturated carbocycles. The molecule has 0 radical (unpaired) electrons. The van der Waals surface area contributed by atoms with Crippen LogP contribution >= 0.6 is 0 Å². The largest absolute Gasteiger partial charge is 0.337 e. The molecule has 5 rings (SSSR count). The monoisotopic (exact) mass is 498 g/mol. The Balaban J connectivity index is 1.31. The summed E-state index contributed by atoms with van der Waals surface area (Å²) in [5, 5.41) is 7.52. The lowest BCUT2D eigenvalue weighted by atomic mass is 9.80. The van der Waals surface area contributed by atoms with E-state index < -0.39 is 0 Å². The molecule has 6 heteroatoms. The van der Waals surface area contributed by atoms with Crippen LogP contribution in [0, 0.1) is 5.92 Å². The van der Waals surface area contributed by atoms with Crippen molar-refractivity contribution in [3.8, 4) is 0 Å². The Hall–Kier alpha value is -3.41. The van der Waals surface area contributed by atoms with Gasteiger partial charge in [-0.05, 0) is 68.4 Å². The lowest BCUT2D eigenvalue weighted by molar-refractivity contribution is -0.121. The Morgan fingerprint density at radius 3 is 2.32 bits per heavy atom. The highest BCUT2D eigenvalue weighted by Gasteiger charge is 2.37. The number of aromatic nitrogens is 2. The van der Waals surface area contributed by atoms with E-state index in [4.69, 9.17) is 0 Å². The third-order valence-corrected chi connectivity index (χ3v) is 8.10. The fraction of sp³-hybridized carbons (Fsp3) is 0.452. The zero-order valence-corrected chi connectivity index (χ0v) is 22.0. The van der Waals surface area contributed by atoms with Crippen molar-refractivity contribution in [2.45, 2.75) is 70.3 Å². The van der Waals surface area contributed by atoms with Crippen molar-refractivity contribution in [2.75, 3.05) is 18.4 Å². The number of likely N-dealkylation sites (tertiary alicyclic amines) is 1. The van der Waals surface area contributed by atoms with E-state index in [1.54, 1.807) is 16.9 Å². The molecule has 2 amide bonds. The molecule has 6 nitrogen and oxygen atoms in total. The Morgan fingerprint density at radius 1 is 0.892 bits per heavy atom. The van der Waals surface area contributed by atoms with E-state index in [9.17, 15) is 9.59 Å².